The molecule has 2 atom stereocenters. The van der Waals surface area contributed by atoms with Crippen molar-refractivity contribution >= 4 is 17.4 Å². The van der Waals surface area contributed by atoms with Crippen molar-refractivity contribution in [2.75, 3.05) is 38.4 Å². The number of benzene rings is 1. The number of hydrogen-bond acceptors (Lipinski definition) is 5. The van der Waals surface area contributed by atoms with E-state index in [4.69, 9.17) is 15.2 Å². The van der Waals surface area contributed by atoms with Gasteiger partial charge in [0.2, 0.25) is 0 Å². The number of rotatable bonds is 3. The Morgan fingerprint density at radius 1 is 1.11 bits per heavy atom. The fourth-order valence-corrected chi connectivity index (χ4v) is 4.21. The van der Waals surface area contributed by atoms with Gasteiger partial charge in [-0.1, -0.05) is 0 Å². The summed E-state index contributed by atoms with van der Waals surface area (Å²) >= 11 is 0. The highest BCUT2D eigenvalue weighted by Crippen LogP contribution is 2.35. The van der Waals surface area contributed by atoms with Crippen molar-refractivity contribution in [2.24, 2.45) is 5.92 Å². The molecule has 8 heteroatoms. The van der Waals surface area contributed by atoms with Gasteiger partial charge < -0.3 is 30.0 Å². The van der Waals surface area contributed by atoms with E-state index in [1.54, 1.807) is 43.1 Å². The predicted octanol–water partition coefficient (Wildman–Crippen LogP) is 2.10. The molecule has 148 valence electrons. The van der Waals surface area contributed by atoms with E-state index in [0.717, 1.165) is 12.1 Å². The van der Waals surface area contributed by atoms with Crippen molar-refractivity contribution in [3.8, 4) is 11.5 Å². The number of nitrogens with zero attached hydrogens (tertiary/aromatic N) is 2. The molecule has 1 aromatic carbocycles. The molecule has 2 amide bonds. The zero-order valence-corrected chi connectivity index (χ0v) is 16.0. The highest BCUT2D eigenvalue weighted by molar-refractivity contribution is 5.90. The van der Waals surface area contributed by atoms with Gasteiger partial charge in [0.25, 0.3) is 5.56 Å². The minimum atomic E-state index is -0.170. The van der Waals surface area contributed by atoms with Crippen LogP contribution in [0, 0.1) is 5.92 Å². The topological polar surface area (TPSA) is 98.8 Å². The summed E-state index contributed by atoms with van der Waals surface area (Å²) in [6.45, 7) is 1.75. The third-order valence-electron chi connectivity index (χ3n) is 5.52. The Morgan fingerprint density at radius 2 is 1.82 bits per heavy atom. The van der Waals surface area contributed by atoms with Crippen LogP contribution in [0.5, 0.6) is 11.5 Å². The number of nitrogens with two attached hydrogens (primary N) is 1. The van der Waals surface area contributed by atoms with E-state index < -0.39 is 0 Å². The molecule has 2 aliphatic heterocycles. The monoisotopic (exact) mass is 384 g/mol. The lowest BCUT2D eigenvalue weighted by Crippen LogP contribution is -2.50. The van der Waals surface area contributed by atoms with Crippen molar-refractivity contribution in [2.45, 2.75) is 18.9 Å². The first kappa shape index (κ1) is 18.2. The minimum Gasteiger partial charge on any atom is -0.497 e. The zero-order valence-electron chi connectivity index (χ0n) is 16.0. The maximum atomic E-state index is 12.9. The van der Waals surface area contributed by atoms with Gasteiger partial charge in [-0.2, -0.15) is 0 Å². The molecule has 1 fully saturated rings. The van der Waals surface area contributed by atoms with Gasteiger partial charge in [0, 0.05) is 55.1 Å². The number of amides is 2. The summed E-state index contributed by atoms with van der Waals surface area (Å²) in [7, 11) is 3.14. The molecule has 4 rings (SSSR count). The summed E-state index contributed by atoms with van der Waals surface area (Å²) in [5.41, 5.74) is 7.48. The smallest absolute Gasteiger partial charge is 0.321 e. The van der Waals surface area contributed by atoms with Gasteiger partial charge in [-0.15, -0.1) is 0 Å². The van der Waals surface area contributed by atoms with Crippen LogP contribution in [0.3, 0.4) is 0 Å². The van der Waals surface area contributed by atoms with E-state index >= 15 is 0 Å². The van der Waals surface area contributed by atoms with Gasteiger partial charge in [-0.05, 0) is 24.5 Å². The van der Waals surface area contributed by atoms with Crippen molar-refractivity contribution < 1.29 is 14.3 Å². The van der Waals surface area contributed by atoms with Crippen LogP contribution in [0.15, 0.2) is 35.1 Å². The van der Waals surface area contributed by atoms with Crippen LogP contribution in [-0.4, -0.2) is 42.8 Å². The maximum Gasteiger partial charge on any atom is 0.321 e. The van der Waals surface area contributed by atoms with E-state index in [2.05, 4.69) is 5.32 Å². The molecule has 1 aromatic heterocycles. The number of fused-ring (bicyclic) bond motifs is 4. The standard InChI is InChI=1S/C20H24N4O4/c1-27-15-6-14(7-16(8-15)28-2)22-20(26)23-9-12-5-13(11-23)18-4-3-17(21)19(25)24(18)10-12/h3-4,6-8,12-13H,5,9-11,21H2,1-2H3,(H,22,26)/t12-,13+/m0/s1. The average molecular weight is 384 g/mol. The molecule has 1 saturated heterocycles. The Kier molecular flexibility index (Phi) is 4.62. The van der Waals surface area contributed by atoms with E-state index in [1.165, 1.54) is 0 Å². The minimum absolute atomic E-state index is 0.131. The molecule has 3 N–H and O–H groups in total. The van der Waals surface area contributed by atoms with Gasteiger partial charge in [0.15, 0.2) is 0 Å². The molecule has 0 saturated carbocycles. The average Bonchev–Trinajstić information content (AvgIpc) is 2.70. The van der Waals surface area contributed by atoms with Crippen molar-refractivity contribution in [3.63, 3.8) is 0 Å². The number of likely N-dealkylation sites (tertiary alicyclic amines) is 1. The van der Waals surface area contributed by atoms with E-state index in [9.17, 15) is 9.59 Å². The molecule has 3 heterocycles. The lowest BCUT2D eigenvalue weighted by Gasteiger charge is -2.42. The Morgan fingerprint density at radius 3 is 2.50 bits per heavy atom. The normalized spacial score (nSPS) is 20.3. The molecule has 2 bridgehead atoms. The number of carbonyl (C=O) groups is 1. The number of methoxy groups -OCH3 is 2. The maximum absolute atomic E-state index is 12.9. The SMILES string of the molecule is COc1cc(NC(=O)N2C[C@@H]3C[C@H](C2)c2ccc(N)c(=O)n2C3)cc(OC)c1. The van der Waals surface area contributed by atoms with Crippen molar-refractivity contribution in [1.82, 2.24) is 9.47 Å². The molecular weight excluding hydrogens is 360 g/mol. The van der Waals surface area contributed by atoms with Gasteiger partial charge in [0.1, 0.15) is 11.5 Å². The molecule has 0 unspecified atom stereocenters. The number of pyridine rings is 1. The summed E-state index contributed by atoms with van der Waals surface area (Å²) in [5.74, 6) is 1.58. The molecular formula is C20H24N4O4. The fraction of sp³-hybridized carbons (Fsp3) is 0.400. The van der Waals surface area contributed by atoms with Crippen LogP contribution in [0.4, 0.5) is 16.2 Å². The fourth-order valence-electron chi connectivity index (χ4n) is 4.21. The third kappa shape index (κ3) is 3.26. The third-order valence-corrected chi connectivity index (χ3v) is 5.52. The quantitative estimate of drug-likeness (QED) is 0.844. The van der Waals surface area contributed by atoms with Crippen LogP contribution in [0.1, 0.15) is 18.0 Å². The Bertz CT molecular complexity index is 949. The van der Waals surface area contributed by atoms with Crippen molar-refractivity contribution in [1.29, 1.82) is 0 Å². The Hall–Kier alpha value is -3.16. The number of nitrogens with one attached hydrogen (secondary N) is 1. The Labute approximate surface area is 162 Å². The zero-order chi connectivity index (χ0) is 19.8. The summed E-state index contributed by atoms with van der Waals surface area (Å²) in [4.78, 5) is 27.0. The number of hydrogen-bond donors (Lipinski definition) is 2. The molecule has 0 radical (unpaired) electrons. The second-order valence-electron chi connectivity index (χ2n) is 7.36. The molecule has 8 nitrogen and oxygen atoms in total. The first-order valence-corrected chi connectivity index (χ1v) is 9.26. The second-order valence-corrected chi connectivity index (χ2v) is 7.36. The highest BCUT2D eigenvalue weighted by atomic mass is 16.5. The lowest BCUT2D eigenvalue weighted by molar-refractivity contribution is 0.139. The summed E-state index contributed by atoms with van der Waals surface area (Å²) in [6.07, 6.45) is 0.972. The van der Waals surface area contributed by atoms with Gasteiger partial charge in [0.05, 0.1) is 19.9 Å². The van der Waals surface area contributed by atoms with Crippen LogP contribution in [-0.2, 0) is 6.54 Å². The van der Waals surface area contributed by atoms with E-state index in [0.29, 0.717) is 36.8 Å². The number of carbonyl (C=O) groups excluding carboxylic acids is 1. The van der Waals surface area contributed by atoms with Gasteiger partial charge in [-0.25, -0.2) is 4.79 Å². The highest BCUT2D eigenvalue weighted by Gasteiger charge is 2.36. The second kappa shape index (κ2) is 7.10. The molecule has 0 spiro atoms. The molecule has 2 aromatic rings. The molecule has 28 heavy (non-hydrogen) atoms. The number of ether oxygens (including phenoxy) is 2. The number of urea groups is 1. The lowest BCUT2D eigenvalue weighted by atomic mass is 9.83. The first-order chi connectivity index (χ1) is 13.5. The van der Waals surface area contributed by atoms with Crippen LogP contribution < -0.4 is 26.1 Å². The summed E-state index contributed by atoms with van der Waals surface area (Å²) in [6, 6.07) is 8.66. The Balaban J connectivity index is 1.53. The summed E-state index contributed by atoms with van der Waals surface area (Å²) < 4.78 is 12.3. The molecule has 2 aliphatic rings. The number of anilines is 2. The van der Waals surface area contributed by atoms with Crippen LogP contribution in [0.2, 0.25) is 0 Å². The number of piperidine rings is 1. The predicted molar refractivity (Wildman–Crippen MR) is 106 cm³/mol. The molecule has 0 aliphatic carbocycles. The van der Waals surface area contributed by atoms with E-state index in [-0.39, 0.29) is 29.1 Å². The van der Waals surface area contributed by atoms with E-state index in [1.807, 2.05) is 11.0 Å². The first-order valence-electron chi connectivity index (χ1n) is 9.26. The number of aromatic nitrogens is 1. The van der Waals surface area contributed by atoms with Gasteiger partial charge in [-0.3, -0.25) is 4.79 Å². The van der Waals surface area contributed by atoms with Crippen molar-refractivity contribution in [3.05, 3.63) is 46.4 Å². The summed E-state index contributed by atoms with van der Waals surface area (Å²) in [5, 5.41) is 2.93. The van der Waals surface area contributed by atoms with Crippen LogP contribution in [0.25, 0.3) is 0 Å². The van der Waals surface area contributed by atoms with Gasteiger partial charge >= 0.3 is 6.03 Å². The largest absolute Gasteiger partial charge is 0.497 e. The van der Waals surface area contributed by atoms with Crippen LogP contribution >= 0.6 is 0 Å². The number of nitrogen functional groups attached to an aromatic ring is 1.